The van der Waals surface area contributed by atoms with E-state index in [1.807, 2.05) is 36.5 Å². The van der Waals surface area contributed by atoms with Crippen LogP contribution in [0.2, 0.25) is 0 Å². The highest BCUT2D eigenvalue weighted by molar-refractivity contribution is 6.03. The number of amides is 1. The third-order valence-corrected chi connectivity index (χ3v) is 3.43. The molecule has 3 N–H and O–H groups in total. The van der Waals surface area contributed by atoms with Gasteiger partial charge in [0.15, 0.2) is 11.6 Å². The molecule has 0 aliphatic carbocycles. The van der Waals surface area contributed by atoms with Crippen LogP contribution in [0.5, 0.6) is 0 Å². The van der Waals surface area contributed by atoms with Crippen molar-refractivity contribution in [1.82, 2.24) is 19.7 Å². The number of aromatic nitrogens is 4. The molecule has 4 rings (SSSR count). The number of nitrogens with zero attached hydrogens (tertiary/aromatic N) is 4. The number of carbonyl (C=O) groups excluding carboxylic acids is 1. The van der Waals surface area contributed by atoms with Crippen LogP contribution in [0.25, 0.3) is 5.69 Å². The van der Waals surface area contributed by atoms with Crippen molar-refractivity contribution < 1.29 is 4.79 Å². The van der Waals surface area contributed by atoms with E-state index in [1.165, 1.54) is 6.33 Å². The summed E-state index contributed by atoms with van der Waals surface area (Å²) in [7, 11) is 0. The van der Waals surface area contributed by atoms with Gasteiger partial charge in [0.25, 0.3) is 0 Å². The maximum absolute atomic E-state index is 11.5. The van der Waals surface area contributed by atoms with Crippen molar-refractivity contribution >= 4 is 28.9 Å². The molecule has 0 fully saturated rings. The van der Waals surface area contributed by atoms with Crippen LogP contribution >= 0.6 is 0 Å². The van der Waals surface area contributed by atoms with Crippen LogP contribution in [0.1, 0.15) is 0 Å². The standard InChI is InChI=1S/C15H13N7O/c23-12-8-16-14-13(21-12)15(18-9-17-14)20-10-2-4-11(5-3-10)22-7-1-6-19-22/h1-7,9H,8H2,(H,21,23)(H2,16,17,18,20). The molecule has 2 aromatic heterocycles. The Balaban J connectivity index is 1.60. The molecule has 8 nitrogen and oxygen atoms in total. The van der Waals surface area contributed by atoms with E-state index in [-0.39, 0.29) is 12.5 Å². The third-order valence-electron chi connectivity index (χ3n) is 3.43. The summed E-state index contributed by atoms with van der Waals surface area (Å²) >= 11 is 0. The Kier molecular flexibility index (Phi) is 3.12. The molecule has 0 bridgehead atoms. The van der Waals surface area contributed by atoms with Gasteiger partial charge in [-0.1, -0.05) is 0 Å². The van der Waals surface area contributed by atoms with Crippen LogP contribution in [0, 0.1) is 0 Å². The van der Waals surface area contributed by atoms with Gasteiger partial charge in [-0.05, 0) is 30.3 Å². The first-order valence-electron chi connectivity index (χ1n) is 7.05. The summed E-state index contributed by atoms with van der Waals surface area (Å²) in [6.45, 7) is 0.210. The van der Waals surface area contributed by atoms with E-state index >= 15 is 0 Å². The molecule has 0 saturated carbocycles. The van der Waals surface area contributed by atoms with Gasteiger partial charge in [0, 0.05) is 18.1 Å². The van der Waals surface area contributed by atoms with E-state index < -0.39 is 0 Å². The number of hydrogen-bond acceptors (Lipinski definition) is 6. The van der Waals surface area contributed by atoms with Crippen molar-refractivity contribution in [2.24, 2.45) is 0 Å². The van der Waals surface area contributed by atoms with Gasteiger partial charge in [0.05, 0.1) is 12.2 Å². The summed E-state index contributed by atoms with van der Waals surface area (Å²) in [5.41, 5.74) is 2.36. The second-order valence-electron chi connectivity index (χ2n) is 4.97. The molecule has 1 aromatic carbocycles. The fraction of sp³-hybridized carbons (Fsp3) is 0.0667. The van der Waals surface area contributed by atoms with Gasteiger partial charge in [-0.3, -0.25) is 4.79 Å². The highest BCUT2D eigenvalue weighted by atomic mass is 16.2. The van der Waals surface area contributed by atoms with Gasteiger partial charge < -0.3 is 16.0 Å². The molecule has 8 heteroatoms. The first-order valence-corrected chi connectivity index (χ1v) is 7.05. The second-order valence-corrected chi connectivity index (χ2v) is 4.97. The number of benzene rings is 1. The molecule has 0 spiro atoms. The quantitative estimate of drug-likeness (QED) is 0.682. The van der Waals surface area contributed by atoms with Crippen molar-refractivity contribution in [2.45, 2.75) is 0 Å². The Morgan fingerprint density at radius 3 is 2.83 bits per heavy atom. The normalized spacial score (nSPS) is 13.0. The van der Waals surface area contributed by atoms with E-state index in [0.29, 0.717) is 17.3 Å². The Labute approximate surface area is 131 Å². The average molecular weight is 307 g/mol. The second kappa shape index (κ2) is 5.41. The maximum atomic E-state index is 11.5. The first-order chi connectivity index (χ1) is 11.3. The predicted molar refractivity (Wildman–Crippen MR) is 86.0 cm³/mol. The van der Waals surface area contributed by atoms with E-state index in [2.05, 4.69) is 31.0 Å². The number of nitrogens with one attached hydrogen (secondary N) is 3. The largest absolute Gasteiger partial charge is 0.359 e. The summed E-state index contributed by atoms with van der Waals surface area (Å²) in [4.78, 5) is 19.9. The van der Waals surface area contributed by atoms with Crippen molar-refractivity contribution in [2.75, 3.05) is 22.5 Å². The van der Waals surface area contributed by atoms with E-state index in [0.717, 1.165) is 11.4 Å². The molecule has 3 heterocycles. The molecular formula is C15H13N7O. The molecule has 1 aliphatic rings. The minimum atomic E-state index is -0.121. The molecule has 0 radical (unpaired) electrons. The average Bonchev–Trinajstić information content (AvgIpc) is 3.11. The molecule has 114 valence electrons. The SMILES string of the molecule is O=C1CNc2ncnc(Nc3ccc(-n4cccn4)cc3)c2N1. The van der Waals surface area contributed by atoms with E-state index in [4.69, 9.17) is 0 Å². The zero-order valence-corrected chi connectivity index (χ0v) is 12.0. The topological polar surface area (TPSA) is 96.8 Å². The highest BCUT2D eigenvalue weighted by Gasteiger charge is 2.19. The highest BCUT2D eigenvalue weighted by Crippen LogP contribution is 2.30. The van der Waals surface area contributed by atoms with Crippen molar-refractivity contribution in [3.63, 3.8) is 0 Å². The number of anilines is 4. The lowest BCUT2D eigenvalue weighted by molar-refractivity contribution is -0.114. The molecule has 0 saturated heterocycles. The van der Waals surface area contributed by atoms with E-state index in [9.17, 15) is 4.79 Å². The molecule has 0 unspecified atom stereocenters. The van der Waals surface area contributed by atoms with Gasteiger partial charge in [0.2, 0.25) is 5.91 Å². The molecule has 0 atom stereocenters. The van der Waals surface area contributed by atoms with Gasteiger partial charge in [-0.2, -0.15) is 5.10 Å². The molecular weight excluding hydrogens is 294 g/mol. The fourth-order valence-corrected chi connectivity index (χ4v) is 2.34. The van der Waals surface area contributed by atoms with Crippen molar-refractivity contribution in [1.29, 1.82) is 0 Å². The minimum absolute atomic E-state index is 0.121. The van der Waals surface area contributed by atoms with Gasteiger partial charge in [0.1, 0.15) is 12.0 Å². The van der Waals surface area contributed by atoms with Gasteiger partial charge in [-0.15, -0.1) is 0 Å². The van der Waals surface area contributed by atoms with Gasteiger partial charge >= 0.3 is 0 Å². The lowest BCUT2D eigenvalue weighted by atomic mass is 10.2. The number of fused-ring (bicyclic) bond motifs is 1. The molecule has 1 amide bonds. The van der Waals surface area contributed by atoms with Crippen LogP contribution in [-0.2, 0) is 4.79 Å². The lowest BCUT2D eigenvalue weighted by Gasteiger charge is -2.20. The van der Waals surface area contributed by atoms with Crippen LogP contribution in [-0.4, -0.2) is 32.2 Å². The first kappa shape index (κ1) is 13.3. The summed E-state index contributed by atoms with van der Waals surface area (Å²) < 4.78 is 1.78. The maximum Gasteiger partial charge on any atom is 0.243 e. The summed E-state index contributed by atoms with van der Waals surface area (Å²) in [6, 6.07) is 9.60. The monoisotopic (exact) mass is 307 g/mol. The fourth-order valence-electron chi connectivity index (χ4n) is 2.34. The summed E-state index contributed by atoms with van der Waals surface area (Å²) in [5, 5.41) is 13.1. The molecule has 3 aromatic rings. The molecule has 23 heavy (non-hydrogen) atoms. The van der Waals surface area contributed by atoms with Crippen molar-refractivity contribution in [3.8, 4) is 5.69 Å². The zero-order valence-electron chi connectivity index (χ0n) is 12.0. The molecule has 1 aliphatic heterocycles. The minimum Gasteiger partial charge on any atom is -0.359 e. The Morgan fingerprint density at radius 2 is 2.04 bits per heavy atom. The number of hydrogen-bond donors (Lipinski definition) is 3. The Hall–Kier alpha value is -3.42. The van der Waals surface area contributed by atoms with E-state index in [1.54, 1.807) is 10.9 Å². The summed E-state index contributed by atoms with van der Waals surface area (Å²) in [6.07, 6.45) is 5.06. The van der Waals surface area contributed by atoms with Crippen LogP contribution in [0.4, 0.5) is 23.0 Å². The number of rotatable bonds is 3. The smallest absolute Gasteiger partial charge is 0.243 e. The number of carbonyl (C=O) groups is 1. The predicted octanol–water partition coefficient (Wildman–Crippen LogP) is 1.77. The lowest BCUT2D eigenvalue weighted by Crippen LogP contribution is -2.28. The third kappa shape index (κ3) is 2.57. The van der Waals surface area contributed by atoms with Crippen molar-refractivity contribution in [3.05, 3.63) is 49.1 Å². The Bertz CT molecular complexity index is 843. The summed E-state index contributed by atoms with van der Waals surface area (Å²) in [5.74, 6) is 1.03. The Morgan fingerprint density at radius 1 is 1.17 bits per heavy atom. The van der Waals surface area contributed by atoms with Crippen LogP contribution < -0.4 is 16.0 Å². The van der Waals surface area contributed by atoms with Gasteiger partial charge in [-0.25, -0.2) is 14.6 Å². The van der Waals surface area contributed by atoms with Crippen LogP contribution in [0.3, 0.4) is 0 Å². The van der Waals surface area contributed by atoms with Crippen LogP contribution in [0.15, 0.2) is 49.1 Å². The zero-order chi connectivity index (χ0) is 15.6.